The molecule has 0 atom stereocenters. The van der Waals surface area contributed by atoms with Gasteiger partial charge < -0.3 is 10.5 Å². The molecule has 1 aliphatic heterocycles. The molecular formula is C9H19ClN2O. The summed E-state index contributed by atoms with van der Waals surface area (Å²) in [5.74, 6) is 0. The van der Waals surface area contributed by atoms with Gasteiger partial charge in [0.15, 0.2) is 0 Å². The number of ether oxygens (including phenoxy) is 1. The lowest BCUT2D eigenvalue weighted by atomic mass is 9.75. The van der Waals surface area contributed by atoms with Gasteiger partial charge in [0, 0.05) is 25.2 Å². The zero-order chi connectivity index (χ0) is 8.44. The third-order valence-corrected chi connectivity index (χ3v) is 3.23. The molecule has 2 aliphatic rings. The number of morpholine rings is 1. The van der Waals surface area contributed by atoms with Gasteiger partial charge in [-0.05, 0) is 19.3 Å². The molecule has 1 aliphatic carbocycles. The Balaban J connectivity index is 0.000000845. The summed E-state index contributed by atoms with van der Waals surface area (Å²) in [6, 6.07) is 0. The van der Waals surface area contributed by atoms with Crippen LogP contribution >= 0.6 is 12.4 Å². The predicted octanol–water partition coefficient (Wildman–Crippen LogP) is 0.622. The second kappa shape index (κ2) is 4.60. The first-order chi connectivity index (χ1) is 5.87. The SMILES string of the molecule is Cl.NCCN1CCOCC12CCC2. The minimum atomic E-state index is 0. The molecule has 0 aromatic carbocycles. The van der Waals surface area contributed by atoms with Crippen molar-refractivity contribution in [1.82, 2.24) is 4.90 Å². The standard InChI is InChI=1S/C9H18N2O.ClH/c10-4-5-11-6-7-12-8-9(11)2-1-3-9;/h1-8,10H2;1H. The minimum Gasteiger partial charge on any atom is -0.378 e. The zero-order valence-corrected chi connectivity index (χ0v) is 8.81. The average molecular weight is 207 g/mol. The molecule has 2 rings (SSSR count). The van der Waals surface area contributed by atoms with Gasteiger partial charge in [-0.25, -0.2) is 0 Å². The van der Waals surface area contributed by atoms with Crippen LogP contribution in [0.3, 0.4) is 0 Å². The van der Waals surface area contributed by atoms with Crippen molar-refractivity contribution in [2.75, 3.05) is 32.8 Å². The second-order valence-electron chi connectivity index (χ2n) is 3.91. The van der Waals surface area contributed by atoms with Crippen LogP contribution in [0.4, 0.5) is 0 Å². The molecule has 4 heteroatoms. The molecule has 1 heterocycles. The molecule has 2 N–H and O–H groups in total. The summed E-state index contributed by atoms with van der Waals surface area (Å²) in [6.45, 7) is 4.73. The van der Waals surface area contributed by atoms with Gasteiger partial charge in [-0.15, -0.1) is 12.4 Å². The van der Waals surface area contributed by atoms with Crippen molar-refractivity contribution in [1.29, 1.82) is 0 Å². The van der Waals surface area contributed by atoms with Crippen molar-refractivity contribution in [2.24, 2.45) is 5.73 Å². The number of hydrogen-bond donors (Lipinski definition) is 1. The van der Waals surface area contributed by atoms with Crippen molar-refractivity contribution < 1.29 is 4.74 Å². The van der Waals surface area contributed by atoms with Crippen LogP contribution in [0, 0.1) is 0 Å². The molecule has 0 bridgehead atoms. The van der Waals surface area contributed by atoms with E-state index in [4.69, 9.17) is 10.5 Å². The number of nitrogens with two attached hydrogens (primary N) is 1. The molecule has 0 aromatic heterocycles. The number of rotatable bonds is 2. The van der Waals surface area contributed by atoms with Gasteiger partial charge in [-0.1, -0.05) is 0 Å². The Morgan fingerprint density at radius 1 is 1.38 bits per heavy atom. The second-order valence-corrected chi connectivity index (χ2v) is 3.91. The first-order valence-corrected chi connectivity index (χ1v) is 4.90. The average Bonchev–Trinajstić information content (AvgIpc) is 2.03. The quantitative estimate of drug-likeness (QED) is 0.720. The molecule has 0 amide bonds. The monoisotopic (exact) mass is 206 g/mol. The van der Waals surface area contributed by atoms with Crippen LogP contribution in [0.2, 0.25) is 0 Å². The molecule has 0 aromatic rings. The smallest absolute Gasteiger partial charge is 0.0651 e. The van der Waals surface area contributed by atoms with Gasteiger partial charge in [0.2, 0.25) is 0 Å². The van der Waals surface area contributed by atoms with Crippen LogP contribution in [0.25, 0.3) is 0 Å². The molecular weight excluding hydrogens is 188 g/mol. The highest BCUT2D eigenvalue weighted by Crippen LogP contribution is 2.39. The summed E-state index contributed by atoms with van der Waals surface area (Å²) in [5.41, 5.74) is 5.98. The van der Waals surface area contributed by atoms with Crippen molar-refractivity contribution >= 4 is 12.4 Å². The van der Waals surface area contributed by atoms with E-state index in [9.17, 15) is 0 Å². The normalized spacial score (nSPS) is 26.5. The van der Waals surface area contributed by atoms with Gasteiger partial charge in [-0.3, -0.25) is 4.90 Å². The van der Waals surface area contributed by atoms with Crippen molar-refractivity contribution in [2.45, 2.75) is 24.8 Å². The maximum absolute atomic E-state index is 5.58. The lowest BCUT2D eigenvalue weighted by Crippen LogP contribution is -2.61. The van der Waals surface area contributed by atoms with Crippen LogP contribution in [0.5, 0.6) is 0 Å². The lowest BCUT2D eigenvalue weighted by Gasteiger charge is -2.52. The molecule has 1 spiro atoms. The fraction of sp³-hybridized carbons (Fsp3) is 1.00. The molecule has 1 saturated heterocycles. The maximum atomic E-state index is 5.58. The molecule has 78 valence electrons. The first kappa shape index (κ1) is 11.2. The van der Waals surface area contributed by atoms with E-state index in [0.29, 0.717) is 5.54 Å². The topological polar surface area (TPSA) is 38.5 Å². The lowest BCUT2D eigenvalue weighted by molar-refractivity contribution is -0.105. The summed E-state index contributed by atoms with van der Waals surface area (Å²) >= 11 is 0. The van der Waals surface area contributed by atoms with Crippen molar-refractivity contribution in [3.8, 4) is 0 Å². The van der Waals surface area contributed by atoms with E-state index in [-0.39, 0.29) is 12.4 Å². The molecule has 0 unspecified atom stereocenters. The van der Waals surface area contributed by atoms with Gasteiger partial charge in [0.05, 0.1) is 13.2 Å². The zero-order valence-electron chi connectivity index (χ0n) is 8.00. The molecule has 1 saturated carbocycles. The van der Waals surface area contributed by atoms with E-state index in [1.165, 1.54) is 19.3 Å². The van der Waals surface area contributed by atoms with Crippen LogP contribution in [-0.2, 0) is 4.74 Å². The summed E-state index contributed by atoms with van der Waals surface area (Å²) in [6.07, 6.45) is 3.99. The van der Waals surface area contributed by atoms with E-state index in [1.54, 1.807) is 0 Å². The van der Waals surface area contributed by atoms with Gasteiger partial charge in [0.1, 0.15) is 0 Å². The van der Waals surface area contributed by atoms with E-state index in [2.05, 4.69) is 4.90 Å². The molecule has 2 fully saturated rings. The van der Waals surface area contributed by atoms with Crippen molar-refractivity contribution in [3.05, 3.63) is 0 Å². The Morgan fingerprint density at radius 2 is 2.15 bits per heavy atom. The van der Waals surface area contributed by atoms with Crippen LogP contribution < -0.4 is 5.73 Å². The van der Waals surface area contributed by atoms with E-state index < -0.39 is 0 Å². The molecule has 0 radical (unpaired) electrons. The number of hydrogen-bond acceptors (Lipinski definition) is 3. The summed E-state index contributed by atoms with van der Waals surface area (Å²) in [4.78, 5) is 2.53. The fourth-order valence-corrected chi connectivity index (χ4v) is 2.32. The van der Waals surface area contributed by atoms with Gasteiger partial charge in [-0.2, -0.15) is 0 Å². The fourth-order valence-electron chi connectivity index (χ4n) is 2.32. The highest BCUT2D eigenvalue weighted by atomic mass is 35.5. The van der Waals surface area contributed by atoms with Crippen LogP contribution in [-0.4, -0.2) is 43.3 Å². The third kappa shape index (κ3) is 1.99. The summed E-state index contributed by atoms with van der Waals surface area (Å²) < 4.78 is 5.52. The largest absolute Gasteiger partial charge is 0.378 e. The summed E-state index contributed by atoms with van der Waals surface area (Å²) in [5, 5.41) is 0. The van der Waals surface area contributed by atoms with Gasteiger partial charge in [0.25, 0.3) is 0 Å². The van der Waals surface area contributed by atoms with Crippen LogP contribution in [0.1, 0.15) is 19.3 Å². The Morgan fingerprint density at radius 3 is 2.69 bits per heavy atom. The van der Waals surface area contributed by atoms with Gasteiger partial charge >= 0.3 is 0 Å². The highest BCUT2D eigenvalue weighted by molar-refractivity contribution is 5.85. The van der Waals surface area contributed by atoms with Crippen LogP contribution in [0.15, 0.2) is 0 Å². The Bertz CT molecular complexity index is 160. The predicted molar refractivity (Wildman–Crippen MR) is 55.3 cm³/mol. The van der Waals surface area contributed by atoms with E-state index >= 15 is 0 Å². The third-order valence-electron chi connectivity index (χ3n) is 3.23. The first-order valence-electron chi connectivity index (χ1n) is 4.90. The Kier molecular flexibility index (Phi) is 3.98. The highest BCUT2D eigenvalue weighted by Gasteiger charge is 2.43. The molecule has 13 heavy (non-hydrogen) atoms. The molecule has 3 nitrogen and oxygen atoms in total. The minimum absolute atomic E-state index is 0. The summed E-state index contributed by atoms with van der Waals surface area (Å²) in [7, 11) is 0. The number of nitrogens with zero attached hydrogens (tertiary/aromatic N) is 1. The van der Waals surface area contributed by atoms with E-state index in [1.807, 2.05) is 0 Å². The Labute approximate surface area is 86.0 Å². The van der Waals surface area contributed by atoms with Crippen molar-refractivity contribution in [3.63, 3.8) is 0 Å². The maximum Gasteiger partial charge on any atom is 0.0651 e. The Hall–Kier alpha value is 0.170. The van der Waals surface area contributed by atoms with E-state index in [0.717, 1.165) is 32.8 Å². The number of halogens is 1.